The highest BCUT2D eigenvalue weighted by Gasteiger charge is 2.42. The van der Waals surface area contributed by atoms with Crippen molar-refractivity contribution in [1.82, 2.24) is 5.32 Å². The molecule has 2 N–H and O–H groups in total. The normalized spacial score (nSPS) is 17.7. The lowest BCUT2D eigenvalue weighted by Gasteiger charge is -2.27. The highest BCUT2D eigenvalue weighted by atomic mass is 19.1. The Morgan fingerprint density at radius 3 is 2.58 bits per heavy atom. The fourth-order valence-corrected chi connectivity index (χ4v) is 2.65. The van der Waals surface area contributed by atoms with Crippen molar-refractivity contribution in [1.29, 1.82) is 0 Å². The van der Waals surface area contributed by atoms with Gasteiger partial charge in [0.25, 0.3) is 11.8 Å². The van der Waals surface area contributed by atoms with Crippen molar-refractivity contribution in [3.8, 4) is 0 Å². The van der Waals surface area contributed by atoms with Gasteiger partial charge < -0.3 is 0 Å². The molecule has 1 saturated heterocycles. The topological polar surface area (TPSA) is 80.5 Å². The summed E-state index contributed by atoms with van der Waals surface area (Å²) in [6.45, 7) is 2.16. The van der Waals surface area contributed by atoms with E-state index >= 15 is 0 Å². The number of aryl methyl sites for hydroxylation is 1. The summed E-state index contributed by atoms with van der Waals surface area (Å²) in [5.74, 6) is -2.80. The number of barbiturate groups is 1. The Hall–Kier alpha value is -3.35. The number of amides is 4. The summed E-state index contributed by atoms with van der Waals surface area (Å²) in [5, 5.41) is 2.19. The van der Waals surface area contributed by atoms with Crippen LogP contribution in [0.25, 0.3) is 0 Å². The minimum absolute atomic E-state index is 0.315. The molecule has 1 fully saturated rings. The number of hydrogen-bond acceptors (Lipinski definition) is 3. The third-order valence-electron chi connectivity index (χ3n) is 3.97. The van der Waals surface area contributed by atoms with E-state index in [0.29, 0.717) is 12.2 Å². The van der Waals surface area contributed by atoms with Crippen LogP contribution >= 0.6 is 0 Å². The maximum Gasteiger partial charge on any atom is 0.335 e. The second-order valence-corrected chi connectivity index (χ2v) is 5.96. The quantitative estimate of drug-likeness (QED) is 0.626. The van der Waals surface area contributed by atoms with E-state index in [9.17, 15) is 18.8 Å². The average Bonchev–Trinajstić information content (AvgIpc) is 2.59. The molecule has 0 unspecified atom stereocenters. The summed E-state index contributed by atoms with van der Waals surface area (Å²) in [6, 6.07) is 12.0. The van der Waals surface area contributed by atoms with Gasteiger partial charge in [0.05, 0.1) is 5.69 Å². The Morgan fingerprint density at radius 1 is 1.15 bits per heavy atom. The summed E-state index contributed by atoms with van der Waals surface area (Å²) in [7, 11) is 0. The number of nitrogens with zero attached hydrogens (tertiary/aromatic N) is 1. The van der Waals surface area contributed by atoms with Crippen LogP contribution in [-0.4, -0.2) is 24.1 Å². The molecule has 0 radical (unpaired) electrons. The molecule has 0 saturated carbocycles. The maximum atomic E-state index is 12.9. The van der Waals surface area contributed by atoms with Crippen molar-refractivity contribution in [2.24, 2.45) is 5.92 Å². The molecule has 0 aromatic heterocycles. The van der Waals surface area contributed by atoms with Crippen molar-refractivity contribution in [3.05, 3.63) is 65.5 Å². The van der Waals surface area contributed by atoms with Crippen molar-refractivity contribution in [3.63, 3.8) is 0 Å². The first-order valence-electron chi connectivity index (χ1n) is 8.02. The lowest BCUT2D eigenvalue weighted by Crippen LogP contribution is -2.71. The number of halogens is 1. The number of rotatable bonds is 4. The minimum atomic E-state index is -1.14. The predicted octanol–water partition coefficient (Wildman–Crippen LogP) is 0.685. The Balaban J connectivity index is 1.79. The van der Waals surface area contributed by atoms with Gasteiger partial charge in [0.1, 0.15) is 5.82 Å². The smallest absolute Gasteiger partial charge is 0.276 e. The van der Waals surface area contributed by atoms with Gasteiger partial charge >= 0.3 is 6.03 Å². The Kier molecular flexibility index (Phi) is 4.88. The van der Waals surface area contributed by atoms with Crippen LogP contribution in [0.2, 0.25) is 0 Å². The van der Waals surface area contributed by atoms with E-state index in [0.717, 1.165) is 16.0 Å². The van der Waals surface area contributed by atoms with E-state index in [2.05, 4.69) is 10.3 Å². The number of anilines is 1. The van der Waals surface area contributed by atoms with Gasteiger partial charge in [0.15, 0.2) is 18.7 Å². The number of nitrogens with one attached hydrogen (secondary N) is 2. The van der Waals surface area contributed by atoms with Gasteiger partial charge in [-0.3, -0.25) is 14.9 Å². The van der Waals surface area contributed by atoms with Gasteiger partial charge in [0, 0.05) is 5.56 Å². The summed E-state index contributed by atoms with van der Waals surface area (Å²) in [5.41, 5.74) is 2.07. The number of imide groups is 2. The molecule has 2 aromatic carbocycles. The fourth-order valence-electron chi connectivity index (χ4n) is 2.65. The van der Waals surface area contributed by atoms with Crippen LogP contribution in [0.4, 0.5) is 14.9 Å². The largest absolute Gasteiger partial charge is 0.335 e. The Morgan fingerprint density at radius 2 is 1.88 bits per heavy atom. The van der Waals surface area contributed by atoms with Gasteiger partial charge in [-0.05, 0) is 48.9 Å². The molecule has 132 valence electrons. The Bertz CT molecular complexity index is 893. The fraction of sp³-hybridized carbons (Fsp3) is 0.158. The Labute approximate surface area is 149 Å². The van der Waals surface area contributed by atoms with Gasteiger partial charge in [-0.15, -0.1) is 0 Å². The highest BCUT2D eigenvalue weighted by molar-refractivity contribution is 6.32. The number of carbonyl (C=O) groups is 3. The van der Waals surface area contributed by atoms with E-state index in [1.807, 2.05) is 13.0 Å². The molecule has 0 spiro atoms. The van der Waals surface area contributed by atoms with Crippen LogP contribution in [0.5, 0.6) is 0 Å². The van der Waals surface area contributed by atoms with Crippen molar-refractivity contribution < 1.29 is 23.8 Å². The molecule has 4 amide bonds. The summed E-state index contributed by atoms with van der Waals surface area (Å²) in [6.07, 6.45) is 1.34. The van der Waals surface area contributed by atoms with E-state index in [-0.39, 0.29) is 5.82 Å². The molecular weight excluding hydrogens is 337 g/mol. The van der Waals surface area contributed by atoms with E-state index in [4.69, 9.17) is 0 Å². The zero-order chi connectivity index (χ0) is 18.7. The van der Waals surface area contributed by atoms with Crippen LogP contribution < -0.4 is 15.2 Å². The summed E-state index contributed by atoms with van der Waals surface area (Å²) < 4.78 is 12.9. The van der Waals surface area contributed by atoms with Gasteiger partial charge in [-0.1, -0.05) is 12.1 Å². The van der Waals surface area contributed by atoms with Crippen LogP contribution in [0, 0.1) is 18.7 Å². The maximum absolute atomic E-state index is 12.9. The van der Waals surface area contributed by atoms with Gasteiger partial charge in [0.2, 0.25) is 0 Å². The van der Waals surface area contributed by atoms with Crippen LogP contribution in [-0.2, 0) is 16.1 Å². The first-order valence-corrected chi connectivity index (χ1v) is 8.02. The number of benzene rings is 2. The average molecular weight is 354 g/mol. The molecule has 1 heterocycles. The van der Waals surface area contributed by atoms with Gasteiger partial charge in [-0.2, -0.15) is 0 Å². The van der Waals surface area contributed by atoms with Crippen LogP contribution in [0.3, 0.4) is 0 Å². The zero-order valence-corrected chi connectivity index (χ0v) is 14.0. The molecule has 0 bridgehead atoms. The predicted molar refractivity (Wildman–Crippen MR) is 92.8 cm³/mol. The van der Waals surface area contributed by atoms with Crippen LogP contribution in [0.1, 0.15) is 11.1 Å². The molecular formula is C19H17FN3O3+. The van der Waals surface area contributed by atoms with Gasteiger partial charge in [-0.25, -0.2) is 19.1 Å². The number of hydrogen-bond donors (Lipinski definition) is 2. The standard InChI is InChI=1S/C19H16FN3O3/c1-12-3-2-4-15(9-12)23-18(25)16(17(24)22-19(23)26)11-21-10-13-5-7-14(20)8-6-13/h2-9,11,16H,10H2,1H3,(H,22,24,26)/p+1/t16-/m0/s1. The highest BCUT2D eigenvalue weighted by Crippen LogP contribution is 2.20. The second-order valence-electron chi connectivity index (χ2n) is 5.96. The van der Waals surface area contributed by atoms with E-state index in [1.54, 1.807) is 30.3 Å². The molecule has 1 atom stereocenters. The third kappa shape index (κ3) is 3.66. The third-order valence-corrected chi connectivity index (χ3v) is 3.97. The SMILES string of the molecule is Cc1cccc(N2C(=O)NC(=O)[C@H](C=[NH+]Cc3ccc(F)cc3)C2=O)c1. The number of carbonyl (C=O) groups excluding carboxylic acids is 3. The first kappa shape index (κ1) is 17.5. The molecule has 7 heteroatoms. The molecule has 6 nitrogen and oxygen atoms in total. The van der Waals surface area contributed by atoms with Crippen molar-refractivity contribution >= 4 is 29.7 Å². The molecule has 26 heavy (non-hydrogen) atoms. The second kappa shape index (κ2) is 7.26. The number of urea groups is 1. The molecule has 2 aromatic rings. The van der Waals surface area contributed by atoms with Crippen molar-refractivity contribution in [2.75, 3.05) is 4.90 Å². The monoisotopic (exact) mass is 354 g/mol. The first-order chi connectivity index (χ1) is 12.5. The molecule has 0 aliphatic carbocycles. The summed E-state index contributed by atoms with van der Waals surface area (Å²) in [4.78, 5) is 40.7. The lowest BCUT2D eigenvalue weighted by molar-refractivity contribution is -0.471. The molecule has 3 rings (SSSR count). The lowest BCUT2D eigenvalue weighted by atomic mass is 10.1. The molecule has 1 aliphatic heterocycles. The van der Waals surface area contributed by atoms with Crippen LogP contribution in [0.15, 0.2) is 48.5 Å². The van der Waals surface area contributed by atoms with Crippen molar-refractivity contribution in [2.45, 2.75) is 13.5 Å². The van der Waals surface area contributed by atoms with E-state index < -0.39 is 23.8 Å². The zero-order valence-electron chi connectivity index (χ0n) is 14.0. The summed E-state index contributed by atoms with van der Waals surface area (Å²) >= 11 is 0. The minimum Gasteiger partial charge on any atom is -0.276 e. The van der Waals surface area contributed by atoms with E-state index in [1.165, 1.54) is 18.3 Å². The molecule has 1 aliphatic rings.